The summed E-state index contributed by atoms with van der Waals surface area (Å²) >= 11 is 0. The molecule has 0 bridgehead atoms. The van der Waals surface area contributed by atoms with Gasteiger partial charge in [-0.15, -0.1) is 0 Å². The SMILES string of the molecule is O=C(O)c1cnc(Cc2ccc(Cn3cccnc3=O)nc2)o1. The monoisotopic (exact) mass is 312 g/mol. The average molecular weight is 312 g/mol. The summed E-state index contributed by atoms with van der Waals surface area (Å²) in [5.74, 6) is -1.04. The van der Waals surface area contributed by atoms with E-state index >= 15 is 0 Å². The second kappa shape index (κ2) is 6.22. The van der Waals surface area contributed by atoms with Crippen LogP contribution in [-0.2, 0) is 13.0 Å². The lowest BCUT2D eigenvalue weighted by Gasteiger charge is -2.04. The second-order valence-electron chi connectivity index (χ2n) is 4.79. The summed E-state index contributed by atoms with van der Waals surface area (Å²) in [6.07, 6.45) is 6.24. The third-order valence-electron chi connectivity index (χ3n) is 3.12. The summed E-state index contributed by atoms with van der Waals surface area (Å²) in [7, 11) is 0. The Morgan fingerprint density at radius 1 is 1.22 bits per heavy atom. The zero-order valence-electron chi connectivity index (χ0n) is 11.9. The van der Waals surface area contributed by atoms with Crippen LogP contribution in [-0.4, -0.2) is 30.6 Å². The second-order valence-corrected chi connectivity index (χ2v) is 4.79. The third-order valence-corrected chi connectivity index (χ3v) is 3.12. The number of aromatic carboxylic acids is 1. The smallest absolute Gasteiger partial charge is 0.373 e. The summed E-state index contributed by atoms with van der Waals surface area (Å²) in [6, 6.07) is 5.29. The number of oxazole rings is 1. The van der Waals surface area contributed by atoms with E-state index < -0.39 is 5.97 Å². The molecule has 0 spiro atoms. The van der Waals surface area contributed by atoms with Crippen molar-refractivity contribution in [2.45, 2.75) is 13.0 Å². The molecule has 1 N–H and O–H groups in total. The van der Waals surface area contributed by atoms with E-state index in [0.717, 1.165) is 5.56 Å². The summed E-state index contributed by atoms with van der Waals surface area (Å²) in [5.41, 5.74) is 1.20. The van der Waals surface area contributed by atoms with Gasteiger partial charge in [-0.1, -0.05) is 6.07 Å². The molecule has 0 aromatic carbocycles. The molecule has 0 radical (unpaired) electrons. The van der Waals surface area contributed by atoms with Crippen LogP contribution in [0.15, 0.2) is 52.2 Å². The van der Waals surface area contributed by atoms with Gasteiger partial charge in [0.05, 0.1) is 24.9 Å². The molecule has 3 rings (SSSR count). The van der Waals surface area contributed by atoms with Crippen molar-refractivity contribution in [3.05, 3.63) is 76.4 Å². The van der Waals surface area contributed by atoms with Crippen molar-refractivity contribution in [1.29, 1.82) is 0 Å². The van der Waals surface area contributed by atoms with E-state index in [4.69, 9.17) is 9.52 Å². The van der Waals surface area contributed by atoms with E-state index in [2.05, 4.69) is 15.0 Å². The molecule has 0 fully saturated rings. The first kappa shape index (κ1) is 14.6. The van der Waals surface area contributed by atoms with Gasteiger partial charge in [-0.05, 0) is 17.7 Å². The van der Waals surface area contributed by atoms with Gasteiger partial charge in [0.15, 0.2) is 5.89 Å². The minimum atomic E-state index is -1.15. The van der Waals surface area contributed by atoms with Crippen LogP contribution in [0.1, 0.15) is 27.7 Å². The van der Waals surface area contributed by atoms with E-state index in [0.29, 0.717) is 24.6 Å². The van der Waals surface area contributed by atoms with Crippen LogP contribution in [0.4, 0.5) is 0 Å². The highest BCUT2D eigenvalue weighted by Crippen LogP contribution is 2.10. The first-order chi connectivity index (χ1) is 11.1. The molecule has 116 valence electrons. The molecular weight excluding hydrogens is 300 g/mol. The summed E-state index contributed by atoms with van der Waals surface area (Å²) in [6.45, 7) is 0.328. The standard InChI is InChI=1S/C15H12N4O4/c20-14(21)12-8-18-13(23-12)6-10-2-3-11(17-7-10)9-19-5-1-4-16-15(19)22/h1-5,7-8H,6,9H2,(H,20,21). The number of nitrogens with zero attached hydrogens (tertiary/aromatic N) is 4. The van der Waals surface area contributed by atoms with Crippen molar-refractivity contribution in [2.75, 3.05) is 0 Å². The van der Waals surface area contributed by atoms with E-state index in [1.807, 2.05) is 6.07 Å². The number of aromatic nitrogens is 4. The Bertz CT molecular complexity index is 883. The van der Waals surface area contributed by atoms with Crippen LogP contribution >= 0.6 is 0 Å². The first-order valence-electron chi connectivity index (χ1n) is 6.75. The predicted octanol–water partition coefficient (Wildman–Crippen LogP) is 0.964. The zero-order chi connectivity index (χ0) is 16.2. The maximum Gasteiger partial charge on any atom is 0.373 e. The van der Waals surface area contributed by atoms with E-state index in [-0.39, 0.29) is 11.4 Å². The van der Waals surface area contributed by atoms with Gasteiger partial charge >= 0.3 is 11.7 Å². The highest BCUT2D eigenvalue weighted by atomic mass is 16.4. The number of carbonyl (C=O) groups is 1. The van der Waals surface area contributed by atoms with Gasteiger partial charge < -0.3 is 9.52 Å². The summed E-state index contributed by atoms with van der Waals surface area (Å²) < 4.78 is 6.55. The van der Waals surface area contributed by atoms with Crippen molar-refractivity contribution < 1.29 is 14.3 Å². The number of hydrogen-bond donors (Lipinski definition) is 1. The van der Waals surface area contributed by atoms with Crippen molar-refractivity contribution in [1.82, 2.24) is 19.5 Å². The molecule has 8 nitrogen and oxygen atoms in total. The van der Waals surface area contributed by atoms with Gasteiger partial charge in [0.1, 0.15) is 0 Å². The highest BCUT2D eigenvalue weighted by Gasteiger charge is 2.11. The minimum Gasteiger partial charge on any atom is -0.475 e. The van der Waals surface area contributed by atoms with E-state index in [1.165, 1.54) is 17.0 Å². The molecule has 3 aromatic rings. The molecule has 0 amide bonds. The topological polar surface area (TPSA) is 111 Å². The Morgan fingerprint density at radius 2 is 2.09 bits per heavy atom. The quantitative estimate of drug-likeness (QED) is 0.747. The van der Waals surface area contributed by atoms with Gasteiger partial charge in [-0.25, -0.2) is 19.6 Å². The van der Waals surface area contributed by atoms with E-state index in [1.54, 1.807) is 24.5 Å². The van der Waals surface area contributed by atoms with Crippen molar-refractivity contribution in [2.24, 2.45) is 0 Å². The molecule has 0 saturated heterocycles. The zero-order valence-corrected chi connectivity index (χ0v) is 11.9. The van der Waals surface area contributed by atoms with Gasteiger partial charge in [-0.2, -0.15) is 0 Å². The molecule has 0 aliphatic carbocycles. The normalized spacial score (nSPS) is 10.6. The summed E-state index contributed by atoms with van der Waals surface area (Å²) in [4.78, 5) is 34.1. The van der Waals surface area contributed by atoms with Crippen LogP contribution in [0.2, 0.25) is 0 Å². The Labute approximate surface area is 130 Å². The number of carboxylic acids is 1. The maximum atomic E-state index is 11.5. The third kappa shape index (κ3) is 3.49. The lowest BCUT2D eigenvalue weighted by Crippen LogP contribution is -2.22. The van der Waals surface area contributed by atoms with Crippen LogP contribution in [0, 0.1) is 0 Å². The summed E-state index contributed by atoms with van der Waals surface area (Å²) in [5, 5.41) is 8.78. The fourth-order valence-corrected chi connectivity index (χ4v) is 2.00. The number of hydrogen-bond acceptors (Lipinski definition) is 6. The van der Waals surface area contributed by atoms with Crippen molar-refractivity contribution in [3.8, 4) is 0 Å². The molecule has 0 aliphatic heterocycles. The lowest BCUT2D eigenvalue weighted by atomic mass is 10.2. The molecule has 8 heteroatoms. The average Bonchev–Trinajstić information content (AvgIpc) is 3.00. The predicted molar refractivity (Wildman–Crippen MR) is 78.1 cm³/mol. The van der Waals surface area contributed by atoms with Crippen LogP contribution in [0.5, 0.6) is 0 Å². The fraction of sp³-hybridized carbons (Fsp3) is 0.133. The molecule has 3 aromatic heterocycles. The lowest BCUT2D eigenvalue weighted by molar-refractivity contribution is 0.0660. The van der Waals surface area contributed by atoms with Crippen molar-refractivity contribution in [3.63, 3.8) is 0 Å². The molecule has 0 aliphatic rings. The molecule has 0 atom stereocenters. The molecule has 23 heavy (non-hydrogen) atoms. The van der Waals surface area contributed by atoms with Gasteiger partial charge in [0.25, 0.3) is 0 Å². The van der Waals surface area contributed by atoms with Crippen LogP contribution < -0.4 is 5.69 Å². The molecular formula is C15H12N4O4. The molecule has 3 heterocycles. The number of pyridine rings is 1. The first-order valence-corrected chi connectivity index (χ1v) is 6.75. The Hall–Kier alpha value is -3.29. The van der Waals surface area contributed by atoms with Gasteiger partial charge in [0, 0.05) is 18.6 Å². The van der Waals surface area contributed by atoms with Gasteiger partial charge in [-0.3, -0.25) is 9.55 Å². The van der Waals surface area contributed by atoms with E-state index in [9.17, 15) is 9.59 Å². The number of carboxylic acid groups (broad SMARTS) is 1. The van der Waals surface area contributed by atoms with Crippen LogP contribution in [0.3, 0.4) is 0 Å². The van der Waals surface area contributed by atoms with Crippen molar-refractivity contribution >= 4 is 5.97 Å². The maximum absolute atomic E-state index is 11.5. The molecule has 0 saturated carbocycles. The highest BCUT2D eigenvalue weighted by molar-refractivity contribution is 5.83. The Kier molecular flexibility index (Phi) is 3.96. The van der Waals surface area contributed by atoms with Crippen LogP contribution in [0.25, 0.3) is 0 Å². The fourth-order valence-electron chi connectivity index (χ4n) is 2.00. The number of rotatable bonds is 5. The van der Waals surface area contributed by atoms with Gasteiger partial charge in [0.2, 0.25) is 5.76 Å². The largest absolute Gasteiger partial charge is 0.475 e. The Balaban J connectivity index is 1.70. The Morgan fingerprint density at radius 3 is 2.74 bits per heavy atom. The minimum absolute atomic E-state index is 0.194. The molecule has 0 unspecified atom stereocenters.